The summed E-state index contributed by atoms with van der Waals surface area (Å²) in [6.07, 6.45) is 7.10. The minimum Gasteiger partial charge on any atom is -0.469 e. The molecule has 0 N–H and O–H groups in total. The molecule has 3 aliphatic rings. The summed E-state index contributed by atoms with van der Waals surface area (Å²) < 4.78 is 5.06. The fraction of sp³-hybridized carbons (Fsp3) is 0.750. The Labute approximate surface area is 114 Å². The molecule has 0 heterocycles. The number of carbonyl (C=O) groups is 2. The maximum Gasteiger partial charge on any atom is 0.311 e. The summed E-state index contributed by atoms with van der Waals surface area (Å²) in [7, 11) is 1.47. The Hall–Kier alpha value is -1.12. The van der Waals surface area contributed by atoms with Crippen LogP contribution in [-0.2, 0) is 14.3 Å². The van der Waals surface area contributed by atoms with Gasteiger partial charge in [-0.05, 0) is 54.9 Å². The van der Waals surface area contributed by atoms with E-state index in [0.29, 0.717) is 5.92 Å². The quantitative estimate of drug-likeness (QED) is 0.567. The summed E-state index contributed by atoms with van der Waals surface area (Å²) in [5.41, 5.74) is 0.733. The highest BCUT2D eigenvalue weighted by Crippen LogP contribution is 2.72. The van der Waals surface area contributed by atoms with Crippen LogP contribution in [0.5, 0.6) is 0 Å². The van der Waals surface area contributed by atoms with Crippen LogP contribution in [0.25, 0.3) is 0 Å². The Morgan fingerprint density at radius 1 is 1.42 bits per heavy atom. The van der Waals surface area contributed by atoms with Crippen LogP contribution in [-0.4, -0.2) is 19.4 Å². The first-order valence-corrected chi connectivity index (χ1v) is 7.22. The number of aldehydes is 1. The number of ether oxygens (including phenoxy) is 1. The van der Waals surface area contributed by atoms with E-state index < -0.39 is 5.41 Å². The molecule has 104 valence electrons. The van der Waals surface area contributed by atoms with Crippen molar-refractivity contribution in [2.45, 2.75) is 39.5 Å². The van der Waals surface area contributed by atoms with Crippen molar-refractivity contribution in [3.63, 3.8) is 0 Å². The lowest BCUT2D eigenvalue weighted by Crippen LogP contribution is -2.62. The van der Waals surface area contributed by atoms with Crippen molar-refractivity contribution in [1.29, 1.82) is 0 Å². The maximum absolute atomic E-state index is 12.3. The Morgan fingerprint density at radius 3 is 2.79 bits per heavy atom. The first-order valence-electron chi connectivity index (χ1n) is 7.22. The van der Waals surface area contributed by atoms with Crippen molar-refractivity contribution in [2.75, 3.05) is 7.11 Å². The second kappa shape index (κ2) is 3.94. The highest BCUT2D eigenvalue weighted by atomic mass is 16.5. The van der Waals surface area contributed by atoms with Crippen molar-refractivity contribution in [1.82, 2.24) is 0 Å². The van der Waals surface area contributed by atoms with E-state index in [2.05, 4.69) is 13.0 Å². The second-order valence-corrected chi connectivity index (χ2v) is 6.94. The normalized spacial score (nSPS) is 47.5. The van der Waals surface area contributed by atoms with Crippen molar-refractivity contribution in [2.24, 2.45) is 28.6 Å². The molecule has 0 radical (unpaired) electrons. The largest absolute Gasteiger partial charge is 0.469 e. The fourth-order valence-corrected chi connectivity index (χ4v) is 5.31. The zero-order valence-corrected chi connectivity index (χ0v) is 11.9. The van der Waals surface area contributed by atoms with Gasteiger partial charge in [0, 0.05) is 0 Å². The van der Waals surface area contributed by atoms with Gasteiger partial charge in [0.2, 0.25) is 0 Å². The molecule has 0 amide bonds. The Balaban J connectivity index is 2.05. The molecule has 0 aromatic heterocycles. The molecule has 3 nitrogen and oxygen atoms in total. The number of hydrogen-bond donors (Lipinski definition) is 0. The second-order valence-electron chi connectivity index (χ2n) is 6.94. The predicted molar refractivity (Wildman–Crippen MR) is 71.3 cm³/mol. The van der Waals surface area contributed by atoms with Crippen LogP contribution in [0.3, 0.4) is 0 Å². The van der Waals surface area contributed by atoms with Gasteiger partial charge in [0.25, 0.3) is 0 Å². The van der Waals surface area contributed by atoms with Gasteiger partial charge in [-0.2, -0.15) is 0 Å². The van der Waals surface area contributed by atoms with Crippen LogP contribution in [0.4, 0.5) is 0 Å². The average Bonchev–Trinajstić information content (AvgIpc) is 2.63. The summed E-state index contributed by atoms with van der Waals surface area (Å²) in [6.45, 7) is 4.35. The Bertz CT molecular complexity index is 467. The number of allylic oxidation sites excluding steroid dienone is 2. The molecular formula is C16H22O3. The minimum absolute atomic E-state index is 0.0939. The van der Waals surface area contributed by atoms with E-state index in [0.717, 1.165) is 37.5 Å². The summed E-state index contributed by atoms with van der Waals surface area (Å²) in [5.74, 6) is 0.990. The topological polar surface area (TPSA) is 43.4 Å². The smallest absolute Gasteiger partial charge is 0.311 e. The standard InChI is InChI=1S/C16H22O3/c1-15-7-4-8-16(2,14(18)19-3)13-11(15)6-5-10(9-17)12(13)15/h5,9,11-13H,4,6-8H2,1-3H3/t11-,12+,13-,15+,16-/m1/s1. The SMILES string of the molecule is COC(=O)[C@]1(C)CCC[C@@]2(C)[C@@H]3CC=C(C=O)[C@H]2[C@@H]31. The molecule has 0 unspecified atom stereocenters. The van der Waals surface area contributed by atoms with Crippen LogP contribution in [0.1, 0.15) is 39.5 Å². The molecule has 3 heteroatoms. The van der Waals surface area contributed by atoms with Crippen LogP contribution in [0.15, 0.2) is 11.6 Å². The first kappa shape index (κ1) is 12.9. The van der Waals surface area contributed by atoms with Gasteiger partial charge in [0.05, 0.1) is 12.5 Å². The molecule has 0 aromatic rings. The minimum atomic E-state index is -0.414. The van der Waals surface area contributed by atoms with E-state index in [9.17, 15) is 9.59 Å². The Kier molecular flexibility index (Phi) is 2.67. The van der Waals surface area contributed by atoms with E-state index in [1.54, 1.807) is 0 Å². The first-order chi connectivity index (χ1) is 8.99. The lowest BCUT2D eigenvalue weighted by molar-refractivity contribution is -0.181. The molecule has 5 atom stereocenters. The molecule has 0 spiro atoms. The van der Waals surface area contributed by atoms with E-state index in [-0.39, 0.29) is 23.2 Å². The number of carbonyl (C=O) groups excluding carboxylic acids is 2. The van der Waals surface area contributed by atoms with E-state index in [4.69, 9.17) is 4.74 Å². The Morgan fingerprint density at radius 2 is 2.16 bits per heavy atom. The number of esters is 1. The van der Waals surface area contributed by atoms with Crippen molar-refractivity contribution < 1.29 is 14.3 Å². The predicted octanol–water partition coefficient (Wildman–Crippen LogP) is 2.75. The summed E-state index contributed by atoms with van der Waals surface area (Å²) in [4.78, 5) is 23.6. The molecule has 4 bridgehead atoms. The van der Waals surface area contributed by atoms with Crippen molar-refractivity contribution >= 4 is 12.3 Å². The summed E-state index contributed by atoms with van der Waals surface area (Å²) in [5, 5.41) is 0. The van der Waals surface area contributed by atoms with Gasteiger partial charge >= 0.3 is 5.97 Å². The van der Waals surface area contributed by atoms with Crippen LogP contribution in [0, 0.1) is 28.6 Å². The third kappa shape index (κ3) is 1.39. The third-order valence-corrected chi connectivity index (χ3v) is 6.25. The molecule has 2 fully saturated rings. The van der Waals surface area contributed by atoms with Gasteiger partial charge in [-0.1, -0.05) is 19.4 Å². The van der Waals surface area contributed by atoms with Gasteiger partial charge in [-0.15, -0.1) is 0 Å². The number of methoxy groups -OCH3 is 1. The number of fused-ring (bicyclic) bond motifs is 1. The lowest BCUT2D eigenvalue weighted by Gasteiger charge is -2.65. The molecule has 0 aromatic carbocycles. The van der Waals surface area contributed by atoms with Crippen LogP contribution >= 0.6 is 0 Å². The summed E-state index contributed by atoms with van der Waals surface area (Å²) in [6, 6.07) is 0. The maximum atomic E-state index is 12.3. The molecule has 0 saturated heterocycles. The molecular weight excluding hydrogens is 240 g/mol. The fourth-order valence-electron chi connectivity index (χ4n) is 5.31. The van der Waals surface area contributed by atoms with Crippen LogP contribution in [0.2, 0.25) is 0 Å². The zero-order valence-electron chi connectivity index (χ0n) is 11.9. The monoisotopic (exact) mass is 262 g/mol. The van der Waals surface area contributed by atoms with Gasteiger partial charge in [0.15, 0.2) is 0 Å². The highest BCUT2D eigenvalue weighted by Gasteiger charge is 2.68. The molecule has 2 saturated carbocycles. The summed E-state index contributed by atoms with van der Waals surface area (Å²) >= 11 is 0. The van der Waals surface area contributed by atoms with Gasteiger partial charge in [0.1, 0.15) is 6.29 Å². The van der Waals surface area contributed by atoms with Gasteiger partial charge in [-0.3, -0.25) is 9.59 Å². The number of rotatable bonds is 2. The molecule has 0 aliphatic heterocycles. The molecule has 19 heavy (non-hydrogen) atoms. The molecule has 3 rings (SSSR count). The van der Waals surface area contributed by atoms with Gasteiger partial charge in [-0.25, -0.2) is 0 Å². The zero-order chi connectivity index (χ0) is 13.8. The van der Waals surface area contributed by atoms with Crippen molar-refractivity contribution in [3.8, 4) is 0 Å². The third-order valence-electron chi connectivity index (χ3n) is 6.25. The van der Waals surface area contributed by atoms with E-state index in [1.165, 1.54) is 7.11 Å². The van der Waals surface area contributed by atoms with E-state index in [1.807, 2.05) is 6.92 Å². The average molecular weight is 262 g/mol. The lowest BCUT2D eigenvalue weighted by atomic mass is 9.38. The van der Waals surface area contributed by atoms with E-state index >= 15 is 0 Å². The van der Waals surface area contributed by atoms with Gasteiger partial charge < -0.3 is 4.74 Å². The van der Waals surface area contributed by atoms with Crippen molar-refractivity contribution in [3.05, 3.63) is 11.6 Å². The highest BCUT2D eigenvalue weighted by molar-refractivity contribution is 5.80. The molecule has 3 aliphatic carbocycles. The van der Waals surface area contributed by atoms with Crippen LogP contribution < -0.4 is 0 Å². The number of hydrogen-bond acceptors (Lipinski definition) is 3.